The summed E-state index contributed by atoms with van der Waals surface area (Å²) in [5, 5.41) is 13.5. The molecule has 180 valence electrons. The van der Waals surface area contributed by atoms with Crippen LogP contribution in [0.15, 0.2) is 48.1 Å². The Morgan fingerprint density at radius 1 is 1.15 bits per heavy atom. The molecule has 1 N–H and O–H groups in total. The number of aryl methyl sites for hydroxylation is 2. The predicted octanol–water partition coefficient (Wildman–Crippen LogP) is 7.13. The van der Waals surface area contributed by atoms with Crippen LogP contribution in [0.1, 0.15) is 17.8 Å². The molecule has 1 heterocycles. The van der Waals surface area contributed by atoms with Gasteiger partial charge in [-0.2, -0.15) is 0 Å². The monoisotopic (exact) mass is 558 g/mol. The molecular weight excluding hydrogens is 538 g/mol. The first-order valence-corrected chi connectivity index (χ1v) is 12.8. The number of carbonyl (C=O) groups excluding carboxylic acids is 1. The van der Waals surface area contributed by atoms with Gasteiger partial charge in [-0.25, -0.2) is 0 Å². The van der Waals surface area contributed by atoms with Crippen LogP contribution >= 0.6 is 58.2 Å². The minimum absolute atomic E-state index is 0.116. The van der Waals surface area contributed by atoms with Gasteiger partial charge in [0.1, 0.15) is 11.6 Å². The second-order valence-electron chi connectivity index (χ2n) is 7.24. The fraction of sp³-hybridized carbons (Fsp3) is 0.261. The van der Waals surface area contributed by atoms with Gasteiger partial charge in [-0.3, -0.25) is 4.79 Å². The Morgan fingerprint density at radius 2 is 1.91 bits per heavy atom. The van der Waals surface area contributed by atoms with E-state index in [0.29, 0.717) is 50.5 Å². The van der Waals surface area contributed by atoms with Crippen molar-refractivity contribution in [3.05, 3.63) is 74.5 Å². The van der Waals surface area contributed by atoms with E-state index in [0.717, 1.165) is 23.6 Å². The number of rotatable bonds is 11. The Bertz CT molecular complexity index is 1190. The normalized spacial score (nSPS) is 10.9. The molecule has 1 aromatic heterocycles. The molecule has 0 spiro atoms. The lowest BCUT2D eigenvalue weighted by atomic mass is 10.2. The summed E-state index contributed by atoms with van der Waals surface area (Å²) in [7, 11) is 0. The van der Waals surface area contributed by atoms with Crippen LogP contribution < -0.4 is 10.1 Å². The van der Waals surface area contributed by atoms with Crippen molar-refractivity contribution in [1.82, 2.24) is 14.8 Å². The lowest BCUT2D eigenvalue weighted by Crippen LogP contribution is -2.15. The molecule has 0 aliphatic heterocycles. The molecule has 0 saturated carbocycles. The van der Waals surface area contributed by atoms with E-state index in [9.17, 15) is 4.79 Å². The number of hydrogen-bond donors (Lipinski definition) is 1. The first-order chi connectivity index (χ1) is 16.3. The number of ether oxygens (including phenoxy) is 1. The van der Waals surface area contributed by atoms with Crippen molar-refractivity contribution in [3.8, 4) is 5.75 Å². The molecule has 1 amide bonds. The number of amides is 1. The fourth-order valence-electron chi connectivity index (χ4n) is 3.05. The van der Waals surface area contributed by atoms with Gasteiger partial charge in [-0.05, 0) is 49.2 Å². The molecule has 0 aliphatic rings. The molecule has 0 atom stereocenters. The first-order valence-electron chi connectivity index (χ1n) is 10.3. The molecule has 6 nitrogen and oxygen atoms in total. The quantitative estimate of drug-likeness (QED) is 0.117. The van der Waals surface area contributed by atoms with Crippen LogP contribution in [0.25, 0.3) is 0 Å². The number of allylic oxidation sites excluding steroid dienone is 1. The summed E-state index contributed by atoms with van der Waals surface area (Å²) < 4.78 is 7.79. The summed E-state index contributed by atoms with van der Waals surface area (Å²) in [6.07, 6.45) is 3.18. The van der Waals surface area contributed by atoms with Gasteiger partial charge in [-0.1, -0.05) is 64.2 Å². The molecule has 0 saturated heterocycles. The second kappa shape index (κ2) is 12.7. The van der Waals surface area contributed by atoms with Gasteiger partial charge in [0.2, 0.25) is 5.91 Å². The van der Waals surface area contributed by atoms with Crippen LogP contribution in [0, 0.1) is 6.92 Å². The summed E-state index contributed by atoms with van der Waals surface area (Å²) in [4.78, 5) is 12.4. The molecular formula is C23H22Cl4N4O2S. The molecule has 0 fully saturated rings. The zero-order chi connectivity index (χ0) is 24.7. The van der Waals surface area contributed by atoms with E-state index in [1.54, 1.807) is 12.1 Å². The Hall–Kier alpha value is -1.90. The lowest BCUT2D eigenvalue weighted by molar-refractivity contribution is -0.113. The minimum Gasteiger partial charge on any atom is -0.493 e. The van der Waals surface area contributed by atoms with Crippen molar-refractivity contribution in [1.29, 1.82) is 0 Å². The molecule has 3 rings (SSSR count). The van der Waals surface area contributed by atoms with Crippen LogP contribution in [-0.4, -0.2) is 33.0 Å². The largest absolute Gasteiger partial charge is 0.493 e. The number of benzene rings is 2. The summed E-state index contributed by atoms with van der Waals surface area (Å²) >= 11 is 25.3. The number of anilines is 1. The van der Waals surface area contributed by atoms with Crippen molar-refractivity contribution in [3.63, 3.8) is 0 Å². The summed E-state index contributed by atoms with van der Waals surface area (Å²) in [6.45, 7) is 6.82. The highest BCUT2D eigenvalue weighted by Gasteiger charge is 2.15. The number of thioether (sulfide) groups is 1. The maximum absolute atomic E-state index is 12.4. The van der Waals surface area contributed by atoms with Crippen molar-refractivity contribution < 1.29 is 9.53 Å². The van der Waals surface area contributed by atoms with Gasteiger partial charge in [0, 0.05) is 18.0 Å². The lowest BCUT2D eigenvalue weighted by Gasteiger charge is -2.11. The Morgan fingerprint density at radius 3 is 2.65 bits per heavy atom. The second-order valence-corrected chi connectivity index (χ2v) is 9.84. The Kier molecular flexibility index (Phi) is 9.97. The third kappa shape index (κ3) is 7.30. The topological polar surface area (TPSA) is 69.0 Å². The number of nitrogens with zero attached hydrogens (tertiary/aromatic N) is 3. The highest BCUT2D eigenvalue weighted by atomic mass is 35.5. The standard InChI is InChI=1S/C23H22Cl4N4O2S/c1-3-8-31-21(5-4-9-33-20-7-6-15(24)10-14(20)2)29-30-23(31)34-13-22(32)28-19-12-17(26)16(25)11-18(19)27/h3,6-7,10-12H,1,4-5,8-9,13H2,2H3,(H,28,32). The van der Waals surface area contributed by atoms with E-state index < -0.39 is 0 Å². The van der Waals surface area contributed by atoms with Crippen molar-refractivity contribution in [2.24, 2.45) is 0 Å². The molecule has 3 aromatic rings. The highest BCUT2D eigenvalue weighted by Crippen LogP contribution is 2.32. The molecule has 0 radical (unpaired) electrons. The fourth-order valence-corrected chi connectivity index (χ4v) is 4.63. The van der Waals surface area contributed by atoms with Crippen LogP contribution in [0.4, 0.5) is 5.69 Å². The van der Waals surface area contributed by atoms with Gasteiger partial charge in [-0.15, -0.1) is 16.8 Å². The van der Waals surface area contributed by atoms with Crippen LogP contribution in [0.2, 0.25) is 20.1 Å². The van der Waals surface area contributed by atoms with E-state index >= 15 is 0 Å². The first kappa shape index (κ1) is 26.7. The van der Waals surface area contributed by atoms with Crippen LogP contribution in [0.5, 0.6) is 5.75 Å². The van der Waals surface area contributed by atoms with Crippen LogP contribution in [0.3, 0.4) is 0 Å². The van der Waals surface area contributed by atoms with E-state index in [2.05, 4.69) is 22.1 Å². The van der Waals surface area contributed by atoms with E-state index in [1.165, 1.54) is 23.9 Å². The number of carbonyl (C=O) groups is 1. The smallest absolute Gasteiger partial charge is 0.234 e. The zero-order valence-corrected chi connectivity index (χ0v) is 22.1. The molecule has 0 aliphatic carbocycles. The number of nitrogens with one attached hydrogen (secondary N) is 1. The van der Waals surface area contributed by atoms with E-state index in [-0.39, 0.29) is 11.7 Å². The van der Waals surface area contributed by atoms with Gasteiger partial charge in [0.05, 0.1) is 33.1 Å². The average Bonchev–Trinajstić information content (AvgIpc) is 3.16. The Labute approximate surface area is 222 Å². The third-order valence-electron chi connectivity index (χ3n) is 4.66. The zero-order valence-electron chi connectivity index (χ0n) is 18.3. The maximum atomic E-state index is 12.4. The molecule has 0 bridgehead atoms. The maximum Gasteiger partial charge on any atom is 0.234 e. The van der Waals surface area contributed by atoms with Gasteiger partial charge >= 0.3 is 0 Å². The van der Waals surface area contributed by atoms with Gasteiger partial charge in [0.25, 0.3) is 0 Å². The summed E-state index contributed by atoms with van der Waals surface area (Å²) in [6, 6.07) is 8.54. The van der Waals surface area contributed by atoms with Crippen LogP contribution in [-0.2, 0) is 17.8 Å². The molecule has 2 aromatic carbocycles. The van der Waals surface area contributed by atoms with Crippen molar-refractivity contribution in [2.45, 2.75) is 31.5 Å². The third-order valence-corrected chi connectivity index (χ3v) is 6.90. The number of hydrogen-bond acceptors (Lipinski definition) is 5. The van der Waals surface area contributed by atoms with Gasteiger partial charge in [0.15, 0.2) is 5.16 Å². The summed E-state index contributed by atoms with van der Waals surface area (Å²) in [5.74, 6) is 1.46. The van der Waals surface area contributed by atoms with Gasteiger partial charge < -0.3 is 14.6 Å². The molecule has 11 heteroatoms. The average molecular weight is 560 g/mol. The van der Waals surface area contributed by atoms with E-state index in [4.69, 9.17) is 51.1 Å². The van der Waals surface area contributed by atoms with Crippen molar-refractivity contribution >= 4 is 69.8 Å². The van der Waals surface area contributed by atoms with Crippen molar-refractivity contribution in [2.75, 3.05) is 17.7 Å². The molecule has 0 unspecified atom stereocenters. The minimum atomic E-state index is -0.258. The Balaban J connectivity index is 1.55. The number of aromatic nitrogens is 3. The van der Waals surface area contributed by atoms with E-state index in [1.807, 2.05) is 23.6 Å². The predicted molar refractivity (Wildman–Crippen MR) is 141 cm³/mol. The molecule has 34 heavy (non-hydrogen) atoms. The number of halogens is 4. The SMILES string of the molecule is C=CCn1c(CCCOc2ccc(Cl)cc2C)nnc1SCC(=O)Nc1cc(Cl)c(Cl)cc1Cl. The highest BCUT2D eigenvalue weighted by molar-refractivity contribution is 7.99. The summed E-state index contributed by atoms with van der Waals surface area (Å²) in [5.41, 5.74) is 1.38.